The van der Waals surface area contributed by atoms with Crippen LogP contribution in [0.1, 0.15) is 5.69 Å². The van der Waals surface area contributed by atoms with Crippen LogP contribution in [-0.2, 0) is 24.1 Å². The first-order valence-electron chi connectivity index (χ1n) is 8.14. The van der Waals surface area contributed by atoms with E-state index < -0.39 is 5.82 Å². The number of pyridine rings is 1. The molecule has 146 valence electrons. The average Bonchev–Trinajstić information content (AvgIpc) is 3.06. The zero-order valence-electron chi connectivity index (χ0n) is 15.1. The first-order chi connectivity index (χ1) is 13.5. The number of aromatic nitrogens is 5. The van der Waals surface area contributed by atoms with Gasteiger partial charge in [-0.15, -0.1) is 5.10 Å². The zero-order chi connectivity index (χ0) is 20.1. The number of hydrogen-bond acceptors (Lipinski definition) is 7. The van der Waals surface area contributed by atoms with Crippen LogP contribution in [0.3, 0.4) is 0 Å². The van der Waals surface area contributed by atoms with Crippen LogP contribution in [0.15, 0.2) is 46.5 Å². The summed E-state index contributed by atoms with van der Waals surface area (Å²) in [5, 5.41) is 14.4. The van der Waals surface area contributed by atoms with Crippen molar-refractivity contribution >= 4 is 23.4 Å². The van der Waals surface area contributed by atoms with Crippen LogP contribution in [0.4, 0.5) is 10.1 Å². The van der Waals surface area contributed by atoms with E-state index >= 15 is 0 Å². The topological polar surface area (TPSA) is 104 Å². The first kappa shape index (κ1) is 19.5. The third-order valence-corrected chi connectivity index (χ3v) is 4.80. The fourth-order valence-electron chi connectivity index (χ4n) is 2.42. The highest BCUT2D eigenvalue weighted by Gasteiger charge is 2.13. The highest BCUT2D eigenvalue weighted by atomic mass is 32.2. The van der Waals surface area contributed by atoms with Crippen molar-refractivity contribution in [2.24, 2.45) is 7.05 Å². The van der Waals surface area contributed by atoms with Crippen molar-refractivity contribution in [3.63, 3.8) is 0 Å². The second kappa shape index (κ2) is 8.65. The maximum Gasteiger partial charge on any atom is 0.244 e. The summed E-state index contributed by atoms with van der Waals surface area (Å²) in [6.45, 7) is -0.0832. The molecule has 9 nitrogen and oxygen atoms in total. The molecule has 2 aromatic heterocycles. The number of benzene rings is 1. The third kappa shape index (κ3) is 4.74. The molecule has 0 saturated carbocycles. The molecule has 0 aliphatic heterocycles. The molecule has 1 aromatic carbocycles. The van der Waals surface area contributed by atoms with Crippen LogP contribution < -0.4 is 15.5 Å². The number of carbonyl (C=O) groups is 1. The second-order valence-corrected chi connectivity index (χ2v) is 6.70. The molecule has 0 fully saturated rings. The molecule has 0 bridgehead atoms. The number of amides is 1. The van der Waals surface area contributed by atoms with E-state index in [9.17, 15) is 14.0 Å². The molecule has 11 heteroatoms. The molecule has 28 heavy (non-hydrogen) atoms. The quantitative estimate of drug-likeness (QED) is 0.595. The Bertz CT molecular complexity index is 1050. The Morgan fingerprint density at radius 2 is 2.18 bits per heavy atom. The number of thioether (sulfide) groups is 1. The monoisotopic (exact) mass is 404 g/mol. The molecule has 0 aliphatic rings. The lowest BCUT2D eigenvalue weighted by Crippen LogP contribution is -2.22. The molecule has 0 atom stereocenters. The second-order valence-electron chi connectivity index (χ2n) is 5.76. The van der Waals surface area contributed by atoms with Gasteiger partial charge in [-0.05, 0) is 28.6 Å². The smallest absolute Gasteiger partial charge is 0.244 e. The van der Waals surface area contributed by atoms with Gasteiger partial charge >= 0.3 is 0 Å². The van der Waals surface area contributed by atoms with Crippen molar-refractivity contribution in [1.82, 2.24) is 24.8 Å². The van der Waals surface area contributed by atoms with Crippen molar-refractivity contribution in [2.75, 3.05) is 12.4 Å². The van der Waals surface area contributed by atoms with Crippen molar-refractivity contribution in [3.8, 4) is 5.75 Å². The Morgan fingerprint density at radius 3 is 2.86 bits per heavy atom. The average molecular weight is 404 g/mol. The minimum atomic E-state index is -0.447. The van der Waals surface area contributed by atoms with Crippen LogP contribution in [0.2, 0.25) is 0 Å². The van der Waals surface area contributed by atoms with E-state index in [2.05, 4.69) is 20.8 Å². The lowest BCUT2D eigenvalue weighted by molar-refractivity contribution is -0.116. The summed E-state index contributed by atoms with van der Waals surface area (Å²) in [6, 6.07) is 7.01. The summed E-state index contributed by atoms with van der Waals surface area (Å²) in [4.78, 5) is 24.5. The predicted molar refractivity (Wildman–Crippen MR) is 101 cm³/mol. The van der Waals surface area contributed by atoms with E-state index in [1.807, 2.05) is 0 Å². The summed E-state index contributed by atoms with van der Waals surface area (Å²) in [5.41, 5.74) is 0.642. The summed E-state index contributed by atoms with van der Waals surface area (Å²) >= 11 is 1.32. The SMILES string of the molecule is COc1cn(CC(=O)Nc2cccc(F)c2)c(CSc2nnnn2C)cc1=O. The number of ether oxygens (including phenoxy) is 1. The van der Waals surface area contributed by atoms with Gasteiger partial charge in [0.05, 0.1) is 13.3 Å². The standard InChI is InChI=1S/C17H17FN6O3S/c1-23-17(20-21-22-23)28-10-13-7-14(25)15(27-2)8-24(13)9-16(26)19-12-5-3-4-11(18)6-12/h3-8H,9-10H2,1-2H3,(H,19,26). The molecular formula is C17H17FN6O3S. The van der Waals surface area contributed by atoms with Crippen molar-refractivity contribution < 1.29 is 13.9 Å². The number of methoxy groups -OCH3 is 1. The van der Waals surface area contributed by atoms with E-state index in [1.54, 1.807) is 17.7 Å². The van der Waals surface area contributed by atoms with Gasteiger partial charge in [-0.2, -0.15) is 0 Å². The number of anilines is 1. The van der Waals surface area contributed by atoms with Crippen LogP contribution in [0, 0.1) is 5.82 Å². The third-order valence-electron chi connectivity index (χ3n) is 3.76. The van der Waals surface area contributed by atoms with Crippen LogP contribution in [0.25, 0.3) is 0 Å². The Kier molecular flexibility index (Phi) is 6.04. The number of tetrazole rings is 1. The normalized spacial score (nSPS) is 10.7. The molecule has 3 rings (SSSR count). The molecule has 1 amide bonds. The fourth-order valence-corrected chi connectivity index (χ4v) is 3.27. The molecule has 0 spiro atoms. The van der Waals surface area contributed by atoms with Crippen molar-refractivity contribution in [3.05, 3.63) is 58.3 Å². The van der Waals surface area contributed by atoms with Crippen molar-refractivity contribution in [1.29, 1.82) is 0 Å². The van der Waals surface area contributed by atoms with Crippen LogP contribution in [-0.4, -0.2) is 37.8 Å². The number of halogens is 1. The molecular weight excluding hydrogens is 387 g/mol. The van der Waals surface area contributed by atoms with Crippen molar-refractivity contribution in [2.45, 2.75) is 17.5 Å². The van der Waals surface area contributed by atoms with E-state index in [0.717, 1.165) is 0 Å². The van der Waals surface area contributed by atoms with Gasteiger partial charge in [0.25, 0.3) is 0 Å². The number of nitrogens with zero attached hydrogens (tertiary/aromatic N) is 5. The summed E-state index contributed by atoms with van der Waals surface area (Å²) in [5.74, 6) is -0.339. The number of nitrogens with one attached hydrogen (secondary N) is 1. The minimum Gasteiger partial charge on any atom is -0.491 e. The summed E-state index contributed by atoms with van der Waals surface area (Å²) in [6.07, 6.45) is 1.47. The number of hydrogen-bond donors (Lipinski definition) is 1. The molecule has 0 saturated heterocycles. The molecule has 0 unspecified atom stereocenters. The molecule has 0 aliphatic carbocycles. The van der Waals surface area contributed by atoms with Gasteiger partial charge < -0.3 is 14.6 Å². The number of rotatable bonds is 7. The molecule has 3 aromatic rings. The van der Waals surface area contributed by atoms with Gasteiger partial charge in [-0.3, -0.25) is 9.59 Å². The summed E-state index contributed by atoms with van der Waals surface area (Å²) < 4.78 is 21.5. The van der Waals surface area contributed by atoms with Gasteiger partial charge in [0.2, 0.25) is 16.5 Å². The molecule has 0 radical (unpaired) electrons. The Hall–Kier alpha value is -3.21. The fraction of sp³-hybridized carbons (Fsp3) is 0.235. The van der Waals surface area contributed by atoms with Crippen LogP contribution in [0.5, 0.6) is 5.75 Å². The highest BCUT2D eigenvalue weighted by Crippen LogP contribution is 2.20. The van der Waals surface area contributed by atoms with Gasteiger partial charge in [-0.25, -0.2) is 9.07 Å². The van der Waals surface area contributed by atoms with Gasteiger partial charge in [0, 0.05) is 30.2 Å². The van der Waals surface area contributed by atoms with E-state index in [-0.39, 0.29) is 23.6 Å². The van der Waals surface area contributed by atoms with Gasteiger partial charge in [0.15, 0.2) is 5.75 Å². The predicted octanol–water partition coefficient (Wildman–Crippen LogP) is 1.45. The first-order valence-corrected chi connectivity index (χ1v) is 9.12. The number of carbonyl (C=O) groups excluding carboxylic acids is 1. The lowest BCUT2D eigenvalue weighted by Gasteiger charge is -2.14. The molecule has 1 N–H and O–H groups in total. The van der Waals surface area contributed by atoms with Gasteiger partial charge in [-0.1, -0.05) is 17.8 Å². The maximum absolute atomic E-state index is 13.3. The largest absolute Gasteiger partial charge is 0.491 e. The Labute approximate surface area is 163 Å². The zero-order valence-corrected chi connectivity index (χ0v) is 15.9. The Balaban J connectivity index is 1.80. The maximum atomic E-state index is 13.3. The van der Waals surface area contributed by atoms with E-state index in [4.69, 9.17) is 4.74 Å². The van der Waals surface area contributed by atoms with Crippen LogP contribution >= 0.6 is 11.8 Å². The highest BCUT2D eigenvalue weighted by molar-refractivity contribution is 7.98. The van der Waals surface area contributed by atoms with E-state index in [0.29, 0.717) is 22.3 Å². The number of aryl methyl sites for hydroxylation is 1. The lowest BCUT2D eigenvalue weighted by atomic mass is 10.3. The van der Waals surface area contributed by atoms with Gasteiger partial charge in [0.1, 0.15) is 12.4 Å². The minimum absolute atomic E-state index is 0.0832. The molecule has 2 heterocycles. The van der Waals surface area contributed by atoms with E-state index in [1.165, 1.54) is 54.0 Å². The Morgan fingerprint density at radius 1 is 1.36 bits per heavy atom. The summed E-state index contributed by atoms with van der Waals surface area (Å²) in [7, 11) is 3.09.